The SMILES string of the molecule is C=CCN(CCO)S(=O)(=O)c1ccn[nH]1. The number of nitrogens with zero attached hydrogens (tertiary/aromatic N) is 2. The Morgan fingerprint density at radius 3 is 2.87 bits per heavy atom. The number of aromatic amines is 1. The molecule has 0 unspecified atom stereocenters. The van der Waals surface area contributed by atoms with Crippen LogP contribution in [0.2, 0.25) is 0 Å². The lowest BCUT2D eigenvalue weighted by molar-refractivity contribution is 0.260. The number of aliphatic hydroxyl groups is 1. The van der Waals surface area contributed by atoms with Gasteiger partial charge in [-0.1, -0.05) is 6.08 Å². The quantitative estimate of drug-likeness (QED) is 0.651. The van der Waals surface area contributed by atoms with Crippen molar-refractivity contribution < 1.29 is 13.5 Å². The van der Waals surface area contributed by atoms with Gasteiger partial charge in [-0.05, 0) is 6.07 Å². The summed E-state index contributed by atoms with van der Waals surface area (Å²) in [7, 11) is -3.60. The highest BCUT2D eigenvalue weighted by atomic mass is 32.2. The molecule has 0 amide bonds. The molecule has 1 heterocycles. The molecule has 6 nitrogen and oxygen atoms in total. The number of H-pyrrole nitrogens is 1. The first-order valence-corrected chi connectivity index (χ1v) is 5.78. The lowest BCUT2D eigenvalue weighted by Crippen LogP contribution is -2.33. The van der Waals surface area contributed by atoms with Crippen molar-refractivity contribution in [3.8, 4) is 0 Å². The Labute approximate surface area is 88.3 Å². The van der Waals surface area contributed by atoms with E-state index >= 15 is 0 Å². The largest absolute Gasteiger partial charge is 0.395 e. The Kier molecular flexibility index (Phi) is 4.01. The van der Waals surface area contributed by atoms with E-state index in [1.54, 1.807) is 0 Å². The summed E-state index contributed by atoms with van der Waals surface area (Å²) in [6.07, 6.45) is 2.82. The highest BCUT2D eigenvalue weighted by molar-refractivity contribution is 7.89. The summed E-state index contributed by atoms with van der Waals surface area (Å²) >= 11 is 0. The van der Waals surface area contributed by atoms with Gasteiger partial charge in [0.1, 0.15) is 0 Å². The second-order valence-corrected chi connectivity index (χ2v) is 4.70. The molecule has 1 aromatic rings. The maximum absolute atomic E-state index is 11.9. The molecule has 0 aliphatic rings. The van der Waals surface area contributed by atoms with E-state index in [1.165, 1.54) is 18.3 Å². The van der Waals surface area contributed by atoms with Gasteiger partial charge in [0.25, 0.3) is 10.0 Å². The van der Waals surface area contributed by atoms with Gasteiger partial charge in [-0.2, -0.15) is 9.40 Å². The predicted octanol–water partition coefficient (Wildman–Crippen LogP) is -0.421. The molecular weight excluding hydrogens is 218 g/mol. The van der Waals surface area contributed by atoms with Crippen LogP contribution in [0.15, 0.2) is 29.9 Å². The first kappa shape index (κ1) is 11.9. The van der Waals surface area contributed by atoms with Crippen molar-refractivity contribution in [1.82, 2.24) is 14.5 Å². The lowest BCUT2D eigenvalue weighted by atomic mass is 10.6. The predicted molar refractivity (Wildman–Crippen MR) is 54.6 cm³/mol. The second-order valence-electron chi connectivity index (χ2n) is 2.80. The molecule has 15 heavy (non-hydrogen) atoms. The van der Waals surface area contributed by atoms with E-state index in [4.69, 9.17) is 5.11 Å². The van der Waals surface area contributed by atoms with Crippen LogP contribution >= 0.6 is 0 Å². The zero-order valence-corrected chi connectivity index (χ0v) is 8.94. The number of rotatable bonds is 6. The minimum atomic E-state index is -3.60. The van der Waals surface area contributed by atoms with E-state index in [-0.39, 0.29) is 24.7 Å². The molecular formula is C8H13N3O3S. The van der Waals surface area contributed by atoms with Crippen LogP contribution in [0.25, 0.3) is 0 Å². The highest BCUT2D eigenvalue weighted by Gasteiger charge is 2.23. The van der Waals surface area contributed by atoms with E-state index < -0.39 is 10.0 Å². The molecule has 0 aromatic carbocycles. The van der Waals surface area contributed by atoms with Crippen LogP contribution in [0, 0.1) is 0 Å². The number of hydrogen-bond acceptors (Lipinski definition) is 4. The van der Waals surface area contributed by atoms with Crippen LogP contribution in [0.1, 0.15) is 0 Å². The average Bonchev–Trinajstić information content (AvgIpc) is 2.70. The molecule has 0 saturated carbocycles. The summed E-state index contributed by atoms with van der Waals surface area (Å²) in [4.78, 5) is 0. The number of aromatic nitrogens is 2. The second kappa shape index (κ2) is 5.06. The first-order chi connectivity index (χ1) is 7.12. The van der Waals surface area contributed by atoms with Gasteiger partial charge in [0.2, 0.25) is 0 Å². The standard InChI is InChI=1S/C8H13N3O3S/c1-2-5-11(6-7-12)15(13,14)8-3-4-9-10-8/h2-4,12H,1,5-7H2,(H,9,10). The van der Waals surface area contributed by atoms with Crippen LogP contribution in [0.3, 0.4) is 0 Å². The molecule has 84 valence electrons. The van der Waals surface area contributed by atoms with Gasteiger partial charge in [0.05, 0.1) is 12.8 Å². The number of aliphatic hydroxyl groups excluding tert-OH is 1. The van der Waals surface area contributed by atoms with E-state index in [9.17, 15) is 8.42 Å². The van der Waals surface area contributed by atoms with Gasteiger partial charge in [0.15, 0.2) is 5.03 Å². The lowest BCUT2D eigenvalue weighted by Gasteiger charge is -2.17. The molecule has 0 saturated heterocycles. The summed E-state index contributed by atoms with van der Waals surface area (Å²) < 4.78 is 24.9. The van der Waals surface area contributed by atoms with Gasteiger partial charge >= 0.3 is 0 Å². The van der Waals surface area contributed by atoms with Gasteiger partial charge < -0.3 is 5.11 Å². The Morgan fingerprint density at radius 2 is 2.40 bits per heavy atom. The third kappa shape index (κ3) is 2.65. The van der Waals surface area contributed by atoms with Gasteiger partial charge in [-0.25, -0.2) is 8.42 Å². The van der Waals surface area contributed by atoms with E-state index in [0.717, 1.165) is 4.31 Å². The number of nitrogens with one attached hydrogen (secondary N) is 1. The molecule has 1 rings (SSSR count). The normalized spacial score (nSPS) is 11.9. The molecule has 0 fully saturated rings. The van der Waals surface area contributed by atoms with Crippen molar-refractivity contribution in [2.24, 2.45) is 0 Å². The zero-order valence-electron chi connectivity index (χ0n) is 8.13. The Balaban J connectivity index is 2.96. The minimum Gasteiger partial charge on any atom is -0.395 e. The summed E-state index contributed by atoms with van der Waals surface area (Å²) in [5, 5.41) is 14.7. The molecule has 0 atom stereocenters. The molecule has 0 aliphatic carbocycles. The topological polar surface area (TPSA) is 86.3 Å². The fourth-order valence-corrected chi connectivity index (χ4v) is 2.39. The number of sulfonamides is 1. The highest BCUT2D eigenvalue weighted by Crippen LogP contribution is 2.11. The van der Waals surface area contributed by atoms with Crippen LogP contribution < -0.4 is 0 Å². The van der Waals surface area contributed by atoms with Crippen molar-refractivity contribution in [2.45, 2.75) is 5.03 Å². The van der Waals surface area contributed by atoms with Crippen molar-refractivity contribution >= 4 is 10.0 Å². The summed E-state index contributed by atoms with van der Waals surface area (Å²) in [5.74, 6) is 0. The van der Waals surface area contributed by atoms with Crippen LogP contribution in [0.5, 0.6) is 0 Å². The molecule has 0 aliphatic heterocycles. The fourth-order valence-electron chi connectivity index (χ4n) is 1.09. The molecule has 7 heteroatoms. The Bertz CT molecular complexity index is 399. The molecule has 0 bridgehead atoms. The van der Waals surface area contributed by atoms with E-state index in [0.29, 0.717) is 0 Å². The van der Waals surface area contributed by atoms with E-state index in [2.05, 4.69) is 16.8 Å². The smallest absolute Gasteiger partial charge is 0.260 e. The maximum atomic E-state index is 11.9. The van der Waals surface area contributed by atoms with Crippen molar-refractivity contribution in [1.29, 1.82) is 0 Å². The van der Waals surface area contributed by atoms with Gasteiger partial charge in [0, 0.05) is 13.1 Å². The van der Waals surface area contributed by atoms with E-state index in [1.807, 2.05) is 0 Å². The van der Waals surface area contributed by atoms with Gasteiger partial charge in [-0.15, -0.1) is 6.58 Å². The first-order valence-electron chi connectivity index (χ1n) is 4.34. The Morgan fingerprint density at radius 1 is 1.67 bits per heavy atom. The van der Waals surface area contributed by atoms with Crippen LogP contribution in [0.4, 0.5) is 0 Å². The Hall–Kier alpha value is -1.18. The van der Waals surface area contributed by atoms with Crippen molar-refractivity contribution in [3.63, 3.8) is 0 Å². The summed E-state index contributed by atoms with van der Waals surface area (Å²) in [6, 6.07) is 1.36. The molecule has 1 aromatic heterocycles. The number of hydrogen-bond donors (Lipinski definition) is 2. The summed E-state index contributed by atoms with van der Waals surface area (Å²) in [5.41, 5.74) is 0. The maximum Gasteiger partial charge on any atom is 0.260 e. The van der Waals surface area contributed by atoms with Gasteiger partial charge in [-0.3, -0.25) is 5.10 Å². The van der Waals surface area contributed by atoms with Crippen LogP contribution in [-0.2, 0) is 10.0 Å². The minimum absolute atomic E-state index is 0.0119. The average molecular weight is 231 g/mol. The molecule has 0 radical (unpaired) electrons. The van der Waals surface area contributed by atoms with Crippen LogP contribution in [-0.4, -0.2) is 47.7 Å². The zero-order chi connectivity index (χ0) is 11.3. The monoisotopic (exact) mass is 231 g/mol. The third-order valence-electron chi connectivity index (χ3n) is 1.78. The fraction of sp³-hybridized carbons (Fsp3) is 0.375. The summed E-state index contributed by atoms with van der Waals surface area (Å²) in [6.45, 7) is 3.42. The molecule has 2 N–H and O–H groups in total. The van der Waals surface area contributed by atoms with Crippen molar-refractivity contribution in [3.05, 3.63) is 24.9 Å². The molecule has 0 spiro atoms. The third-order valence-corrected chi connectivity index (χ3v) is 3.57. The van der Waals surface area contributed by atoms with Crippen molar-refractivity contribution in [2.75, 3.05) is 19.7 Å².